The molecular weight excluding hydrogens is 148 g/mol. The van der Waals surface area contributed by atoms with Gasteiger partial charge in [-0.3, -0.25) is 0 Å². The highest BCUT2D eigenvalue weighted by Gasteiger charge is 2.16. The molecule has 2 heteroatoms. The normalized spacial score (nSPS) is 11.2. The van der Waals surface area contributed by atoms with Gasteiger partial charge in [-0.15, -0.1) is 0 Å². The van der Waals surface area contributed by atoms with Crippen molar-refractivity contribution in [1.29, 1.82) is 0 Å². The van der Waals surface area contributed by atoms with Gasteiger partial charge in [0, 0.05) is 6.07 Å². The third-order valence-electron chi connectivity index (χ3n) is 1.88. The Bertz CT molecular complexity index is 227. The van der Waals surface area contributed by atoms with Gasteiger partial charge in [-0.1, -0.05) is 18.8 Å². The third-order valence-corrected chi connectivity index (χ3v) is 1.88. The van der Waals surface area contributed by atoms with Crippen molar-refractivity contribution in [1.82, 2.24) is 4.98 Å². The topological polar surface area (TPSA) is 16.8 Å². The van der Waals surface area contributed by atoms with Gasteiger partial charge in [0.1, 0.15) is 6.20 Å². The molecule has 0 spiro atoms. The van der Waals surface area contributed by atoms with E-state index < -0.39 is 0 Å². The molecule has 1 aromatic rings. The van der Waals surface area contributed by atoms with Crippen LogP contribution in [0.5, 0.6) is 0 Å². The summed E-state index contributed by atoms with van der Waals surface area (Å²) in [5, 5.41) is 0. The first-order valence-electron chi connectivity index (χ1n) is 4.49. The molecule has 0 bridgehead atoms. The smallest absolute Gasteiger partial charge is 0.232 e. The fraction of sp³-hybridized carbons (Fsp3) is 0.600. The number of hydrogen-bond donors (Lipinski definition) is 0. The van der Waals surface area contributed by atoms with E-state index >= 15 is 0 Å². The third kappa shape index (κ3) is 1.81. The summed E-state index contributed by atoms with van der Waals surface area (Å²) in [5.41, 5.74) is 0. The maximum atomic E-state index is 4.36. The van der Waals surface area contributed by atoms with E-state index in [0.717, 1.165) is 5.82 Å². The van der Waals surface area contributed by atoms with Crippen LogP contribution < -0.4 is 4.57 Å². The minimum Gasteiger partial charge on any atom is -0.232 e. The van der Waals surface area contributed by atoms with E-state index in [4.69, 9.17) is 0 Å². The quantitative estimate of drug-likeness (QED) is 0.613. The Morgan fingerprint density at radius 1 is 1.25 bits per heavy atom. The second-order valence-corrected chi connectivity index (χ2v) is 3.63. The first-order valence-corrected chi connectivity index (χ1v) is 4.49. The van der Waals surface area contributed by atoms with E-state index in [0.29, 0.717) is 12.0 Å². The second-order valence-electron chi connectivity index (χ2n) is 3.63. The Morgan fingerprint density at radius 2 is 1.92 bits per heavy atom. The van der Waals surface area contributed by atoms with Gasteiger partial charge in [-0.25, -0.2) is 4.57 Å². The summed E-state index contributed by atoms with van der Waals surface area (Å²) < 4.78 is 2.21. The van der Waals surface area contributed by atoms with Gasteiger partial charge in [0.05, 0.1) is 18.2 Å². The lowest BCUT2D eigenvalue weighted by molar-refractivity contribution is -0.727. The molecule has 1 aromatic heterocycles. The van der Waals surface area contributed by atoms with Crippen molar-refractivity contribution in [3.63, 3.8) is 0 Å². The molecule has 0 N–H and O–H groups in total. The highest BCUT2D eigenvalue weighted by molar-refractivity contribution is 4.85. The van der Waals surface area contributed by atoms with Crippen LogP contribution in [0.1, 0.15) is 45.5 Å². The molecule has 1 heterocycles. The number of nitrogens with zero attached hydrogens (tertiary/aromatic N) is 2. The molecule has 0 aliphatic heterocycles. The predicted molar refractivity (Wildman–Crippen MR) is 48.9 cm³/mol. The average Bonchev–Trinajstić information content (AvgIpc) is 2.04. The van der Waals surface area contributed by atoms with Gasteiger partial charge in [-0.2, -0.15) is 0 Å². The van der Waals surface area contributed by atoms with Crippen LogP contribution in [0.2, 0.25) is 0 Å². The highest BCUT2D eigenvalue weighted by atomic mass is 15.1. The second kappa shape index (κ2) is 3.65. The monoisotopic (exact) mass is 165 g/mol. The summed E-state index contributed by atoms with van der Waals surface area (Å²) in [6.45, 7) is 8.68. The zero-order valence-electron chi connectivity index (χ0n) is 8.28. The van der Waals surface area contributed by atoms with Gasteiger partial charge in [0.15, 0.2) is 0 Å². The van der Waals surface area contributed by atoms with Crippen molar-refractivity contribution in [3.8, 4) is 0 Å². The van der Waals surface area contributed by atoms with Crippen LogP contribution in [0.25, 0.3) is 0 Å². The van der Waals surface area contributed by atoms with Gasteiger partial charge in [-0.05, 0) is 13.8 Å². The molecule has 12 heavy (non-hydrogen) atoms. The lowest BCUT2D eigenvalue weighted by atomic mass is 10.2. The molecule has 0 aliphatic rings. The standard InChI is InChI=1S/C10H17N2/c1-8(2)10-11-6-5-7-12(10)9(3)4/h5-9H,1-4H3/q+1. The molecular formula is C10H17N2+. The molecule has 0 radical (unpaired) electrons. The Labute approximate surface area is 74.3 Å². The molecule has 66 valence electrons. The van der Waals surface area contributed by atoms with Crippen LogP contribution in [0.3, 0.4) is 0 Å². The summed E-state index contributed by atoms with van der Waals surface area (Å²) in [7, 11) is 0. The first kappa shape index (κ1) is 9.17. The van der Waals surface area contributed by atoms with E-state index in [2.05, 4.69) is 43.4 Å². The van der Waals surface area contributed by atoms with Crippen LogP contribution >= 0.6 is 0 Å². The highest BCUT2D eigenvalue weighted by Crippen LogP contribution is 2.07. The van der Waals surface area contributed by atoms with Crippen LogP contribution in [0, 0.1) is 0 Å². The Hall–Kier alpha value is -0.920. The Balaban J connectivity index is 3.09. The summed E-state index contributed by atoms with van der Waals surface area (Å²) >= 11 is 0. The fourth-order valence-electron chi connectivity index (χ4n) is 1.28. The van der Waals surface area contributed by atoms with E-state index in [1.165, 1.54) is 0 Å². The van der Waals surface area contributed by atoms with E-state index in [9.17, 15) is 0 Å². The lowest BCUT2D eigenvalue weighted by Crippen LogP contribution is -2.41. The summed E-state index contributed by atoms with van der Waals surface area (Å²) in [6, 6.07) is 2.47. The molecule has 0 fully saturated rings. The number of hydrogen-bond acceptors (Lipinski definition) is 1. The molecule has 1 rings (SSSR count). The molecule has 0 aliphatic carbocycles. The molecule has 0 atom stereocenters. The number of aromatic nitrogens is 2. The van der Waals surface area contributed by atoms with Crippen molar-refractivity contribution >= 4 is 0 Å². The summed E-state index contributed by atoms with van der Waals surface area (Å²) in [5.74, 6) is 1.65. The SMILES string of the molecule is CC(C)c1nccc[n+]1C(C)C. The van der Waals surface area contributed by atoms with Gasteiger partial charge in [0.2, 0.25) is 0 Å². The Morgan fingerprint density at radius 3 is 2.33 bits per heavy atom. The maximum Gasteiger partial charge on any atom is 0.300 e. The minimum atomic E-state index is 0.494. The molecule has 0 saturated carbocycles. The fourth-order valence-corrected chi connectivity index (χ4v) is 1.28. The Kier molecular flexibility index (Phi) is 2.79. The zero-order chi connectivity index (χ0) is 9.14. The van der Waals surface area contributed by atoms with Crippen molar-refractivity contribution in [3.05, 3.63) is 24.3 Å². The minimum absolute atomic E-state index is 0.494. The largest absolute Gasteiger partial charge is 0.300 e. The molecule has 0 saturated heterocycles. The van der Waals surface area contributed by atoms with Gasteiger partial charge >= 0.3 is 5.82 Å². The van der Waals surface area contributed by atoms with Gasteiger partial charge < -0.3 is 0 Å². The van der Waals surface area contributed by atoms with E-state index in [-0.39, 0.29) is 0 Å². The van der Waals surface area contributed by atoms with Gasteiger partial charge in [0.25, 0.3) is 0 Å². The van der Waals surface area contributed by atoms with Crippen LogP contribution in [-0.2, 0) is 0 Å². The maximum absolute atomic E-state index is 4.36. The van der Waals surface area contributed by atoms with Crippen molar-refractivity contribution in [2.24, 2.45) is 0 Å². The molecule has 0 unspecified atom stereocenters. The zero-order valence-corrected chi connectivity index (χ0v) is 8.28. The lowest BCUT2D eigenvalue weighted by Gasteiger charge is -2.08. The first-order chi connectivity index (χ1) is 5.63. The summed E-state index contributed by atoms with van der Waals surface area (Å²) in [4.78, 5) is 4.36. The van der Waals surface area contributed by atoms with Crippen molar-refractivity contribution < 1.29 is 4.57 Å². The average molecular weight is 165 g/mol. The van der Waals surface area contributed by atoms with E-state index in [1.807, 2.05) is 12.3 Å². The van der Waals surface area contributed by atoms with Crippen LogP contribution in [0.15, 0.2) is 18.5 Å². The van der Waals surface area contributed by atoms with Crippen LogP contribution in [-0.4, -0.2) is 4.98 Å². The van der Waals surface area contributed by atoms with E-state index in [1.54, 1.807) is 0 Å². The molecule has 0 amide bonds. The van der Waals surface area contributed by atoms with Crippen molar-refractivity contribution in [2.45, 2.75) is 39.7 Å². The molecule has 2 nitrogen and oxygen atoms in total. The van der Waals surface area contributed by atoms with Crippen molar-refractivity contribution in [2.75, 3.05) is 0 Å². The number of rotatable bonds is 2. The summed E-state index contributed by atoms with van der Waals surface area (Å²) in [6.07, 6.45) is 3.95. The van der Waals surface area contributed by atoms with Crippen LogP contribution in [0.4, 0.5) is 0 Å². The molecule has 0 aromatic carbocycles. The predicted octanol–water partition coefficient (Wildman–Crippen LogP) is 2.07.